The van der Waals surface area contributed by atoms with Crippen LogP contribution >= 0.6 is 0 Å². The van der Waals surface area contributed by atoms with E-state index < -0.39 is 54.9 Å². The van der Waals surface area contributed by atoms with E-state index in [1.54, 1.807) is 0 Å². The molecular formula is C20H14F7N3O2. The molecule has 1 aliphatic rings. The van der Waals surface area contributed by atoms with Crippen molar-refractivity contribution < 1.29 is 40.2 Å². The maximum absolute atomic E-state index is 14.5. The summed E-state index contributed by atoms with van der Waals surface area (Å²) >= 11 is 0. The SMILES string of the molecule is NC1=NC(CF)(c2cc(C#Cc3ccc(OC(F)F)cn3)ccc2F)CC(C(F)(F)F)O1. The van der Waals surface area contributed by atoms with Gasteiger partial charge in [0.05, 0.1) is 6.20 Å². The molecule has 32 heavy (non-hydrogen) atoms. The molecule has 12 heteroatoms. The van der Waals surface area contributed by atoms with E-state index in [1.807, 2.05) is 0 Å². The van der Waals surface area contributed by atoms with E-state index in [0.717, 1.165) is 18.3 Å². The molecule has 3 rings (SSSR count). The predicted octanol–water partition coefficient (Wildman–Crippen LogP) is 4.05. The first kappa shape index (κ1) is 23.2. The number of ether oxygens (including phenoxy) is 2. The Hall–Kier alpha value is -3.49. The Labute approximate surface area is 177 Å². The van der Waals surface area contributed by atoms with E-state index in [-0.39, 0.29) is 17.0 Å². The van der Waals surface area contributed by atoms with Crippen molar-refractivity contribution in [3.05, 3.63) is 59.2 Å². The zero-order valence-corrected chi connectivity index (χ0v) is 16.0. The largest absolute Gasteiger partial charge is 0.452 e. The van der Waals surface area contributed by atoms with Gasteiger partial charge in [-0.15, -0.1) is 0 Å². The number of nitrogens with two attached hydrogens (primary N) is 1. The summed E-state index contributed by atoms with van der Waals surface area (Å²) < 4.78 is 101. The predicted molar refractivity (Wildman–Crippen MR) is 98.1 cm³/mol. The third-order valence-electron chi connectivity index (χ3n) is 4.46. The van der Waals surface area contributed by atoms with Crippen LogP contribution in [0.15, 0.2) is 41.5 Å². The van der Waals surface area contributed by atoms with Crippen molar-refractivity contribution in [1.29, 1.82) is 0 Å². The van der Waals surface area contributed by atoms with E-state index >= 15 is 0 Å². The highest BCUT2D eigenvalue weighted by molar-refractivity contribution is 5.73. The van der Waals surface area contributed by atoms with Crippen LogP contribution in [-0.4, -0.2) is 36.6 Å². The molecule has 0 saturated carbocycles. The number of hydrogen-bond acceptors (Lipinski definition) is 5. The molecular weight excluding hydrogens is 447 g/mol. The highest BCUT2D eigenvalue weighted by Crippen LogP contribution is 2.41. The van der Waals surface area contributed by atoms with Crippen molar-refractivity contribution in [3.8, 4) is 17.6 Å². The van der Waals surface area contributed by atoms with E-state index in [9.17, 15) is 30.7 Å². The van der Waals surface area contributed by atoms with Crippen LogP contribution in [0.2, 0.25) is 0 Å². The lowest BCUT2D eigenvalue weighted by Crippen LogP contribution is -2.48. The molecule has 2 N–H and O–H groups in total. The summed E-state index contributed by atoms with van der Waals surface area (Å²) in [4.78, 5) is 7.45. The highest BCUT2D eigenvalue weighted by Gasteiger charge is 2.52. The van der Waals surface area contributed by atoms with Crippen LogP contribution in [0.1, 0.15) is 23.2 Å². The quantitative estimate of drug-likeness (QED) is 0.551. The Morgan fingerprint density at radius 2 is 1.97 bits per heavy atom. The fourth-order valence-electron chi connectivity index (χ4n) is 3.01. The molecule has 1 aromatic heterocycles. The number of halogens is 7. The lowest BCUT2D eigenvalue weighted by atomic mass is 9.84. The molecule has 2 heterocycles. The fraction of sp³-hybridized carbons (Fsp3) is 0.300. The van der Waals surface area contributed by atoms with Crippen molar-refractivity contribution in [3.63, 3.8) is 0 Å². The van der Waals surface area contributed by atoms with Crippen molar-refractivity contribution in [2.45, 2.75) is 30.9 Å². The molecule has 0 saturated heterocycles. The van der Waals surface area contributed by atoms with Crippen LogP contribution in [-0.2, 0) is 10.3 Å². The molecule has 0 aliphatic carbocycles. The van der Waals surface area contributed by atoms with E-state index in [1.165, 1.54) is 18.2 Å². The number of amidine groups is 1. The smallest absolute Gasteiger partial charge is 0.425 e. The van der Waals surface area contributed by atoms with Crippen LogP contribution in [0, 0.1) is 17.7 Å². The third-order valence-corrected chi connectivity index (χ3v) is 4.46. The second-order valence-electron chi connectivity index (χ2n) is 6.67. The van der Waals surface area contributed by atoms with Gasteiger partial charge in [-0.2, -0.15) is 22.0 Å². The van der Waals surface area contributed by atoms with Crippen LogP contribution in [0.4, 0.5) is 30.7 Å². The second kappa shape index (κ2) is 8.94. The van der Waals surface area contributed by atoms with Crippen LogP contribution in [0.5, 0.6) is 5.75 Å². The zero-order valence-electron chi connectivity index (χ0n) is 16.0. The van der Waals surface area contributed by atoms with Gasteiger partial charge in [0.25, 0.3) is 6.02 Å². The van der Waals surface area contributed by atoms with Gasteiger partial charge in [-0.1, -0.05) is 5.92 Å². The van der Waals surface area contributed by atoms with Crippen LogP contribution < -0.4 is 10.5 Å². The minimum Gasteiger partial charge on any atom is -0.452 e. The summed E-state index contributed by atoms with van der Waals surface area (Å²) in [5.41, 5.74) is 2.86. The van der Waals surface area contributed by atoms with Crippen LogP contribution in [0.3, 0.4) is 0 Å². The summed E-state index contributed by atoms with van der Waals surface area (Å²) in [6.07, 6.45) is -7.35. The summed E-state index contributed by atoms with van der Waals surface area (Å²) in [5.74, 6) is 3.99. The van der Waals surface area contributed by atoms with Gasteiger partial charge in [-0.05, 0) is 36.3 Å². The topological polar surface area (TPSA) is 69.7 Å². The minimum atomic E-state index is -4.87. The number of pyridine rings is 1. The van der Waals surface area contributed by atoms with E-state index in [4.69, 9.17) is 5.73 Å². The lowest BCUT2D eigenvalue weighted by Gasteiger charge is -2.36. The van der Waals surface area contributed by atoms with Gasteiger partial charge in [0, 0.05) is 17.5 Å². The number of rotatable bonds is 4. The van der Waals surface area contributed by atoms with Crippen molar-refractivity contribution in [2.24, 2.45) is 10.7 Å². The molecule has 0 radical (unpaired) electrons. The molecule has 1 aliphatic heterocycles. The number of aliphatic imine (C=N–C) groups is 1. The molecule has 2 atom stereocenters. The number of aromatic nitrogens is 1. The summed E-state index contributed by atoms with van der Waals surface area (Å²) in [6.45, 7) is -4.49. The third kappa shape index (κ3) is 5.22. The summed E-state index contributed by atoms with van der Waals surface area (Å²) in [6, 6.07) is 4.77. The fourth-order valence-corrected chi connectivity index (χ4v) is 3.01. The molecule has 2 unspecified atom stereocenters. The first-order valence-electron chi connectivity index (χ1n) is 8.90. The van der Waals surface area contributed by atoms with Gasteiger partial charge in [-0.25, -0.2) is 18.8 Å². The molecule has 170 valence electrons. The van der Waals surface area contributed by atoms with Gasteiger partial charge in [0.2, 0.25) is 0 Å². The maximum atomic E-state index is 14.5. The molecule has 0 fully saturated rings. The molecule has 2 aromatic rings. The first-order valence-corrected chi connectivity index (χ1v) is 8.90. The average molecular weight is 461 g/mol. The number of alkyl halides is 6. The summed E-state index contributed by atoms with van der Waals surface area (Å²) in [7, 11) is 0. The minimum absolute atomic E-state index is 0.118. The number of nitrogens with zero attached hydrogens (tertiary/aromatic N) is 2. The lowest BCUT2D eigenvalue weighted by molar-refractivity contribution is -0.209. The van der Waals surface area contributed by atoms with Gasteiger partial charge in [0.15, 0.2) is 6.10 Å². The Kier molecular flexibility index (Phi) is 6.47. The molecule has 5 nitrogen and oxygen atoms in total. The van der Waals surface area contributed by atoms with Crippen molar-refractivity contribution in [2.75, 3.05) is 6.67 Å². The molecule has 1 aromatic carbocycles. The number of benzene rings is 1. The monoisotopic (exact) mass is 461 g/mol. The Balaban J connectivity index is 1.94. The normalized spacial score (nSPS) is 20.8. The van der Waals surface area contributed by atoms with Gasteiger partial charge in [0.1, 0.15) is 29.5 Å². The van der Waals surface area contributed by atoms with E-state index in [0.29, 0.717) is 0 Å². The van der Waals surface area contributed by atoms with Crippen molar-refractivity contribution in [1.82, 2.24) is 4.98 Å². The van der Waals surface area contributed by atoms with Gasteiger partial charge in [-0.3, -0.25) is 0 Å². The standard InChI is InChI=1S/C20H14F7N3O2/c21-10-19(8-16(20(25,26)27)32-18(28)30-19)14-7-11(2-6-15(14)22)1-3-12-4-5-13(9-29-12)31-17(23)24/h2,4-7,9,16-17H,8,10H2,(H2,28,30). The maximum Gasteiger partial charge on any atom is 0.425 e. The van der Waals surface area contributed by atoms with E-state index in [2.05, 4.69) is 31.3 Å². The van der Waals surface area contributed by atoms with Gasteiger partial charge >= 0.3 is 12.8 Å². The van der Waals surface area contributed by atoms with Gasteiger partial charge < -0.3 is 15.2 Å². The first-order chi connectivity index (χ1) is 15.0. The van der Waals surface area contributed by atoms with Crippen molar-refractivity contribution >= 4 is 6.02 Å². The average Bonchev–Trinajstić information content (AvgIpc) is 2.72. The molecule has 0 bridgehead atoms. The number of hydrogen-bond donors (Lipinski definition) is 1. The highest BCUT2D eigenvalue weighted by atomic mass is 19.4. The summed E-state index contributed by atoms with van der Waals surface area (Å²) in [5, 5.41) is 0. The second-order valence-corrected chi connectivity index (χ2v) is 6.67. The van der Waals surface area contributed by atoms with Crippen LogP contribution in [0.25, 0.3) is 0 Å². The molecule has 0 amide bonds. The Morgan fingerprint density at radius 3 is 2.56 bits per heavy atom. The molecule has 0 spiro atoms. The Morgan fingerprint density at radius 1 is 1.22 bits per heavy atom. The Bertz CT molecular complexity index is 1060. The zero-order chi connectivity index (χ0) is 23.5.